The van der Waals surface area contributed by atoms with Crippen molar-refractivity contribution in [3.63, 3.8) is 0 Å². The predicted octanol–water partition coefficient (Wildman–Crippen LogP) is 5.97. The van der Waals surface area contributed by atoms with Gasteiger partial charge in [-0.05, 0) is 60.5 Å². The van der Waals surface area contributed by atoms with Crippen molar-refractivity contribution in [1.29, 1.82) is 0 Å². The number of amides is 1. The van der Waals surface area contributed by atoms with Crippen molar-refractivity contribution < 1.29 is 14.3 Å². The van der Waals surface area contributed by atoms with Gasteiger partial charge in [0.1, 0.15) is 18.1 Å². The van der Waals surface area contributed by atoms with Gasteiger partial charge in [-0.25, -0.2) is 5.43 Å². The number of halogens is 1. The van der Waals surface area contributed by atoms with Gasteiger partial charge in [-0.3, -0.25) is 4.79 Å². The van der Waals surface area contributed by atoms with Crippen LogP contribution in [0.4, 0.5) is 0 Å². The molecule has 3 rings (SSSR count). The Balaban J connectivity index is 1.52. The van der Waals surface area contributed by atoms with Crippen LogP contribution in [0.3, 0.4) is 0 Å². The maximum atomic E-state index is 12.4. The number of hydrazone groups is 1. The largest absolute Gasteiger partial charge is 0.493 e. The molecule has 0 aliphatic carbocycles. The fourth-order valence-corrected chi connectivity index (χ4v) is 2.98. The van der Waals surface area contributed by atoms with E-state index in [0.717, 1.165) is 34.2 Å². The molecule has 3 aromatic rings. The number of rotatable bonds is 10. The predicted molar refractivity (Wildman–Crippen MR) is 127 cm³/mol. The highest BCUT2D eigenvalue weighted by Gasteiger charge is 2.05. The van der Waals surface area contributed by atoms with Crippen LogP contribution < -0.4 is 14.9 Å². The van der Waals surface area contributed by atoms with Gasteiger partial charge in [-0.1, -0.05) is 53.5 Å². The highest BCUT2D eigenvalue weighted by atomic mass is 79.9. The Labute approximate surface area is 191 Å². The van der Waals surface area contributed by atoms with Gasteiger partial charge >= 0.3 is 0 Å². The monoisotopic (exact) mass is 480 g/mol. The molecule has 0 unspecified atom stereocenters. The number of hydrogen-bond acceptors (Lipinski definition) is 4. The molecule has 0 saturated carbocycles. The quantitative estimate of drug-likeness (QED) is 0.221. The number of para-hydroxylation sites is 1. The Morgan fingerprint density at radius 1 is 1.00 bits per heavy atom. The first-order valence-electron chi connectivity index (χ1n) is 10.2. The number of carbonyl (C=O) groups is 1. The first-order valence-corrected chi connectivity index (χ1v) is 11.0. The molecule has 0 saturated heterocycles. The SMILES string of the molecule is CCCCOc1ccccc1/C=N/NC(=O)c1ccc(OCc2ccc(Br)cc2)cc1. The molecule has 0 fully saturated rings. The molecule has 160 valence electrons. The fraction of sp³-hybridized carbons (Fsp3) is 0.200. The summed E-state index contributed by atoms with van der Waals surface area (Å²) in [6.07, 6.45) is 3.65. The summed E-state index contributed by atoms with van der Waals surface area (Å²) in [5, 5.41) is 4.07. The summed E-state index contributed by atoms with van der Waals surface area (Å²) < 4.78 is 12.6. The Morgan fingerprint density at radius 3 is 2.48 bits per heavy atom. The summed E-state index contributed by atoms with van der Waals surface area (Å²) >= 11 is 3.42. The van der Waals surface area contributed by atoms with E-state index in [-0.39, 0.29) is 5.91 Å². The van der Waals surface area contributed by atoms with E-state index < -0.39 is 0 Å². The van der Waals surface area contributed by atoms with Gasteiger partial charge in [0.25, 0.3) is 5.91 Å². The smallest absolute Gasteiger partial charge is 0.271 e. The fourth-order valence-electron chi connectivity index (χ4n) is 2.72. The van der Waals surface area contributed by atoms with E-state index >= 15 is 0 Å². The third-order valence-electron chi connectivity index (χ3n) is 4.48. The molecule has 0 heterocycles. The lowest BCUT2D eigenvalue weighted by Gasteiger charge is -2.08. The normalized spacial score (nSPS) is 10.8. The van der Waals surface area contributed by atoms with Crippen molar-refractivity contribution >= 4 is 28.1 Å². The lowest BCUT2D eigenvalue weighted by atomic mass is 10.2. The summed E-state index contributed by atoms with van der Waals surface area (Å²) in [6.45, 7) is 3.24. The van der Waals surface area contributed by atoms with Crippen molar-refractivity contribution in [2.75, 3.05) is 6.61 Å². The standard InChI is InChI=1S/C25H25BrN2O3/c1-2-3-16-30-24-7-5-4-6-21(24)17-27-28-25(29)20-10-14-23(15-11-20)31-18-19-8-12-22(26)13-9-19/h4-15,17H,2-3,16,18H2,1H3,(H,28,29)/b27-17+. The molecule has 6 heteroatoms. The lowest BCUT2D eigenvalue weighted by molar-refractivity contribution is 0.0955. The van der Waals surface area contributed by atoms with Gasteiger partial charge in [0.15, 0.2) is 0 Å². The highest BCUT2D eigenvalue weighted by Crippen LogP contribution is 2.17. The van der Waals surface area contributed by atoms with Gasteiger partial charge in [-0.15, -0.1) is 0 Å². The molecule has 3 aromatic carbocycles. The third kappa shape index (κ3) is 7.26. The summed E-state index contributed by atoms with van der Waals surface area (Å²) in [6, 6.07) is 22.5. The van der Waals surface area contributed by atoms with Crippen LogP contribution in [0.1, 0.15) is 41.3 Å². The maximum absolute atomic E-state index is 12.4. The van der Waals surface area contributed by atoms with E-state index in [1.54, 1.807) is 30.5 Å². The summed E-state index contributed by atoms with van der Waals surface area (Å²) in [7, 11) is 0. The van der Waals surface area contributed by atoms with E-state index in [0.29, 0.717) is 24.5 Å². The molecule has 0 spiro atoms. The van der Waals surface area contributed by atoms with Crippen LogP contribution in [-0.4, -0.2) is 18.7 Å². The number of hydrogen-bond donors (Lipinski definition) is 1. The molecule has 0 aliphatic heterocycles. The molecule has 1 amide bonds. The number of carbonyl (C=O) groups excluding carboxylic acids is 1. The molecule has 0 atom stereocenters. The average molecular weight is 481 g/mol. The second-order valence-corrected chi connectivity index (χ2v) is 7.79. The number of nitrogens with zero attached hydrogens (tertiary/aromatic N) is 1. The van der Waals surface area contributed by atoms with E-state index in [4.69, 9.17) is 9.47 Å². The zero-order valence-electron chi connectivity index (χ0n) is 17.4. The first kappa shape index (κ1) is 22.6. The topological polar surface area (TPSA) is 59.9 Å². The Hall–Kier alpha value is -3.12. The number of ether oxygens (including phenoxy) is 2. The number of nitrogens with one attached hydrogen (secondary N) is 1. The van der Waals surface area contributed by atoms with Gasteiger partial charge in [0, 0.05) is 15.6 Å². The second-order valence-electron chi connectivity index (χ2n) is 6.88. The highest BCUT2D eigenvalue weighted by molar-refractivity contribution is 9.10. The van der Waals surface area contributed by atoms with Crippen molar-refractivity contribution in [3.8, 4) is 11.5 Å². The third-order valence-corrected chi connectivity index (χ3v) is 5.01. The van der Waals surface area contributed by atoms with E-state index in [2.05, 4.69) is 33.4 Å². The van der Waals surface area contributed by atoms with Crippen LogP contribution >= 0.6 is 15.9 Å². The first-order chi connectivity index (χ1) is 15.2. The van der Waals surface area contributed by atoms with Crippen molar-refractivity contribution in [2.24, 2.45) is 5.10 Å². The van der Waals surface area contributed by atoms with Crippen LogP contribution in [0.2, 0.25) is 0 Å². The van der Waals surface area contributed by atoms with Crippen molar-refractivity contribution in [3.05, 3.63) is 94.0 Å². The number of unbranched alkanes of at least 4 members (excludes halogenated alkanes) is 1. The lowest BCUT2D eigenvalue weighted by Crippen LogP contribution is -2.17. The molecule has 0 aromatic heterocycles. The molecule has 1 N–H and O–H groups in total. The second kappa shape index (κ2) is 11.9. The van der Waals surface area contributed by atoms with Gasteiger partial charge in [0.2, 0.25) is 0 Å². The zero-order chi connectivity index (χ0) is 21.9. The maximum Gasteiger partial charge on any atom is 0.271 e. The van der Waals surface area contributed by atoms with E-state index in [1.807, 2.05) is 48.5 Å². The summed E-state index contributed by atoms with van der Waals surface area (Å²) in [5.41, 5.74) is 4.94. The Morgan fingerprint density at radius 2 is 1.74 bits per heavy atom. The van der Waals surface area contributed by atoms with Gasteiger partial charge in [0.05, 0.1) is 12.8 Å². The molecule has 0 bridgehead atoms. The van der Waals surface area contributed by atoms with Crippen molar-refractivity contribution in [2.45, 2.75) is 26.4 Å². The Kier molecular flexibility index (Phi) is 8.67. The molecule has 0 aliphatic rings. The van der Waals surface area contributed by atoms with Crippen LogP contribution in [0.15, 0.2) is 82.4 Å². The summed E-state index contributed by atoms with van der Waals surface area (Å²) in [5.74, 6) is 1.16. The summed E-state index contributed by atoms with van der Waals surface area (Å²) in [4.78, 5) is 12.4. The van der Waals surface area contributed by atoms with Crippen molar-refractivity contribution in [1.82, 2.24) is 5.43 Å². The van der Waals surface area contributed by atoms with E-state index in [9.17, 15) is 4.79 Å². The Bertz CT molecular complexity index is 1000. The molecule has 31 heavy (non-hydrogen) atoms. The van der Waals surface area contributed by atoms with Crippen LogP contribution in [-0.2, 0) is 6.61 Å². The van der Waals surface area contributed by atoms with Crippen LogP contribution in [0.25, 0.3) is 0 Å². The molecule has 0 radical (unpaired) electrons. The molecular formula is C25H25BrN2O3. The minimum atomic E-state index is -0.292. The minimum Gasteiger partial charge on any atom is -0.493 e. The average Bonchev–Trinajstić information content (AvgIpc) is 2.80. The molecular weight excluding hydrogens is 456 g/mol. The minimum absolute atomic E-state index is 0.292. The van der Waals surface area contributed by atoms with E-state index in [1.165, 1.54) is 0 Å². The zero-order valence-corrected chi connectivity index (χ0v) is 19.0. The van der Waals surface area contributed by atoms with Gasteiger partial charge in [-0.2, -0.15) is 5.10 Å². The molecule has 5 nitrogen and oxygen atoms in total. The number of benzene rings is 3. The van der Waals surface area contributed by atoms with Gasteiger partial charge < -0.3 is 9.47 Å². The van der Waals surface area contributed by atoms with Crippen LogP contribution in [0.5, 0.6) is 11.5 Å². The van der Waals surface area contributed by atoms with Crippen LogP contribution in [0, 0.1) is 0 Å².